The first-order valence-corrected chi connectivity index (χ1v) is 11.3. The van der Waals surface area contributed by atoms with E-state index in [9.17, 15) is 9.59 Å². The van der Waals surface area contributed by atoms with Gasteiger partial charge in [0.25, 0.3) is 5.91 Å². The summed E-state index contributed by atoms with van der Waals surface area (Å²) in [5, 5.41) is 15.4. The van der Waals surface area contributed by atoms with E-state index in [0.29, 0.717) is 18.9 Å². The van der Waals surface area contributed by atoms with Gasteiger partial charge in [-0.25, -0.2) is 4.68 Å². The maximum absolute atomic E-state index is 13.5. The number of hydrogen-bond acceptors (Lipinski definition) is 5. The van der Waals surface area contributed by atoms with Crippen LogP contribution >= 0.6 is 0 Å². The Kier molecular flexibility index (Phi) is 8.52. The number of nitrogens with one attached hydrogen (secondary N) is 1. The minimum Gasteiger partial charge on any atom is -0.350 e. The first kappa shape index (κ1) is 25.5. The van der Waals surface area contributed by atoms with E-state index in [2.05, 4.69) is 62.4 Å². The molecule has 2 aromatic rings. The third-order valence-electron chi connectivity index (χ3n) is 5.30. The molecule has 0 saturated heterocycles. The Balaban J connectivity index is 2.44. The zero-order valence-electron chi connectivity index (χ0n) is 20.6. The normalized spacial score (nSPS) is 13.0. The largest absolute Gasteiger partial charge is 0.350 e. The first-order chi connectivity index (χ1) is 15.0. The molecule has 0 aliphatic heterocycles. The Morgan fingerprint density at radius 1 is 1.12 bits per heavy atom. The van der Waals surface area contributed by atoms with Gasteiger partial charge in [-0.1, -0.05) is 64.4 Å². The smallest absolute Gasteiger partial charge is 0.251 e. The molecule has 0 radical (unpaired) electrons. The van der Waals surface area contributed by atoms with Gasteiger partial charge in [0.05, 0.1) is 5.54 Å². The van der Waals surface area contributed by atoms with E-state index in [4.69, 9.17) is 0 Å². The fourth-order valence-electron chi connectivity index (χ4n) is 4.25. The highest BCUT2D eigenvalue weighted by molar-refractivity contribution is 5.87. The maximum atomic E-state index is 13.5. The van der Waals surface area contributed by atoms with Crippen molar-refractivity contribution in [2.24, 2.45) is 5.41 Å². The molecule has 0 spiro atoms. The Morgan fingerprint density at radius 3 is 2.34 bits per heavy atom. The predicted molar refractivity (Wildman–Crippen MR) is 125 cm³/mol. The van der Waals surface area contributed by atoms with Crippen molar-refractivity contribution in [2.75, 3.05) is 6.54 Å². The van der Waals surface area contributed by atoms with Gasteiger partial charge in [0.1, 0.15) is 0 Å². The molecule has 2 amide bonds. The number of tetrazole rings is 1. The van der Waals surface area contributed by atoms with Crippen LogP contribution < -0.4 is 5.32 Å². The quantitative estimate of drug-likeness (QED) is 0.603. The number of carbonyl (C=O) groups is 2. The molecule has 1 aromatic heterocycles. The maximum Gasteiger partial charge on any atom is 0.251 e. The Labute approximate surface area is 191 Å². The van der Waals surface area contributed by atoms with Gasteiger partial charge >= 0.3 is 0 Å². The van der Waals surface area contributed by atoms with Crippen LogP contribution in [0.25, 0.3) is 0 Å². The minimum atomic E-state index is -0.906. The first-order valence-electron chi connectivity index (χ1n) is 11.3. The summed E-state index contributed by atoms with van der Waals surface area (Å²) in [5.41, 5.74) is 0.567. The van der Waals surface area contributed by atoms with E-state index < -0.39 is 11.6 Å². The summed E-state index contributed by atoms with van der Waals surface area (Å²) >= 11 is 0. The van der Waals surface area contributed by atoms with Gasteiger partial charge in [0.15, 0.2) is 11.9 Å². The SMILES string of the molecule is CCCCN(C(C)=O)C(C(=O)NCc1ccccc1)c1nnnn1C(C)(C)CC(C)(C)C. The molecule has 1 heterocycles. The van der Waals surface area contributed by atoms with E-state index in [1.165, 1.54) is 6.92 Å². The van der Waals surface area contributed by atoms with Crippen molar-refractivity contribution in [3.63, 3.8) is 0 Å². The Morgan fingerprint density at radius 2 is 1.78 bits per heavy atom. The van der Waals surface area contributed by atoms with Crippen molar-refractivity contribution in [1.29, 1.82) is 0 Å². The summed E-state index contributed by atoms with van der Waals surface area (Å²) in [6.45, 7) is 15.0. The number of rotatable bonds is 10. The number of aromatic nitrogens is 4. The van der Waals surface area contributed by atoms with Crippen LogP contribution in [0.2, 0.25) is 0 Å². The van der Waals surface area contributed by atoms with Crippen LogP contribution in [-0.4, -0.2) is 43.5 Å². The van der Waals surface area contributed by atoms with Gasteiger partial charge < -0.3 is 10.2 Å². The third kappa shape index (κ3) is 6.87. The summed E-state index contributed by atoms with van der Waals surface area (Å²) in [6.07, 6.45) is 2.49. The number of benzene rings is 1. The highest BCUT2D eigenvalue weighted by Crippen LogP contribution is 2.34. The van der Waals surface area contributed by atoms with Crippen molar-refractivity contribution in [2.45, 2.75) is 85.9 Å². The molecule has 1 N–H and O–H groups in total. The molecule has 176 valence electrons. The lowest BCUT2D eigenvalue weighted by molar-refractivity contribution is -0.140. The van der Waals surface area contributed by atoms with Crippen LogP contribution in [0.15, 0.2) is 30.3 Å². The number of unbranched alkanes of at least 4 members (excludes halogenated alkanes) is 1. The topological polar surface area (TPSA) is 93.0 Å². The van der Waals surface area contributed by atoms with Crippen LogP contribution in [0.1, 0.15) is 85.2 Å². The Hall–Kier alpha value is -2.77. The molecular formula is C24H38N6O2. The molecular weight excluding hydrogens is 404 g/mol. The lowest BCUT2D eigenvalue weighted by Crippen LogP contribution is -2.46. The van der Waals surface area contributed by atoms with Crippen molar-refractivity contribution in [1.82, 2.24) is 30.4 Å². The average molecular weight is 443 g/mol. The lowest BCUT2D eigenvalue weighted by atomic mass is 9.81. The zero-order chi connectivity index (χ0) is 23.9. The van der Waals surface area contributed by atoms with Crippen LogP contribution in [0, 0.1) is 5.41 Å². The lowest BCUT2D eigenvalue weighted by Gasteiger charge is -2.35. The second kappa shape index (κ2) is 10.7. The van der Waals surface area contributed by atoms with Crippen LogP contribution in [0.5, 0.6) is 0 Å². The molecule has 0 bridgehead atoms. The number of amides is 2. The molecule has 2 rings (SSSR count). The summed E-state index contributed by atoms with van der Waals surface area (Å²) < 4.78 is 1.72. The highest BCUT2D eigenvalue weighted by Gasteiger charge is 2.38. The number of carbonyl (C=O) groups excluding carboxylic acids is 2. The summed E-state index contributed by atoms with van der Waals surface area (Å²) in [4.78, 5) is 27.7. The van der Waals surface area contributed by atoms with E-state index >= 15 is 0 Å². The number of nitrogens with zero attached hydrogens (tertiary/aromatic N) is 5. The van der Waals surface area contributed by atoms with Gasteiger partial charge in [-0.2, -0.15) is 0 Å². The molecule has 0 aliphatic rings. The second-order valence-electron chi connectivity index (χ2n) is 10.2. The van der Waals surface area contributed by atoms with Crippen molar-refractivity contribution >= 4 is 11.8 Å². The van der Waals surface area contributed by atoms with Gasteiger partial charge in [-0.15, -0.1) is 5.10 Å². The van der Waals surface area contributed by atoms with E-state index in [1.807, 2.05) is 30.3 Å². The number of hydrogen-bond donors (Lipinski definition) is 1. The molecule has 0 saturated carbocycles. The fraction of sp³-hybridized carbons (Fsp3) is 0.625. The van der Waals surface area contributed by atoms with Crippen LogP contribution in [-0.2, 0) is 21.7 Å². The van der Waals surface area contributed by atoms with E-state index in [-0.39, 0.29) is 17.2 Å². The summed E-state index contributed by atoms with van der Waals surface area (Å²) in [7, 11) is 0. The summed E-state index contributed by atoms with van der Waals surface area (Å²) in [5.74, 6) is -0.0830. The highest BCUT2D eigenvalue weighted by atomic mass is 16.2. The third-order valence-corrected chi connectivity index (χ3v) is 5.30. The molecule has 0 aliphatic carbocycles. The van der Waals surface area contributed by atoms with Gasteiger partial charge in [-0.3, -0.25) is 9.59 Å². The molecule has 1 aromatic carbocycles. The van der Waals surface area contributed by atoms with Gasteiger partial charge in [0.2, 0.25) is 5.91 Å². The molecule has 8 nitrogen and oxygen atoms in total. The van der Waals surface area contributed by atoms with Crippen LogP contribution in [0.4, 0.5) is 0 Å². The average Bonchev–Trinajstić information content (AvgIpc) is 3.18. The van der Waals surface area contributed by atoms with Crippen LogP contribution in [0.3, 0.4) is 0 Å². The predicted octanol–water partition coefficient (Wildman–Crippen LogP) is 3.85. The molecule has 32 heavy (non-hydrogen) atoms. The summed E-state index contributed by atoms with van der Waals surface area (Å²) in [6, 6.07) is 8.78. The van der Waals surface area contributed by atoms with Crippen molar-refractivity contribution < 1.29 is 9.59 Å². The molecule has 1 unspecified atom stereocenters. The van der Waals surface area contributed by atoms with Gasteiger partial charge in [-0.05, 0) is 48.1 Å². The van der Waals surface area contributed by atoms with Gasteiger partial charge in [0, 0.05) is 20.0 Å². The van der Waals surface area contributed by atoms with E-state index in [1.54, 1.807) is 9.58 Å². The monoisotopic (exact) mass is 442 g/mol. The van der Waals surface area contributed by atoms with Crippen molar-refractivity contribution in [3.8, 4) is 0 Å². The molecule has 8 heteroatoms. The zero-order valence-corrected chi connectivity index (χ0v) is 20.6. The minimum absolute atomic E-state index is 0.0280. The molecule has 0 fully saturated rings. The van der Waals surface area contributed by atoms with E-state index in [0.717, 1.165) is 24.8 Å². The van der Waals surface area contributed by atoms with Crippen molar-refractivity contribution in [3.05, 3.63) is 41.7 Å². The molecule has 1 atom stereocenters. The Bertz CT molecular complexity index is 885. The second-order valence-corrected chi connectivity index (χ2v) is 10.2. The standard InChI is InChI=1S/C24H38N6O2/c1-8-9-15-29(18(2)31)20(22(32)25-16-19-13-11-10-12-14-19)21-26-27-28-30(21)24(6,7)17-23(3,4)5/h10-14,20H,8-9,15-17H2,1-7H3,(H,25,32). The fourth-order valence-corrected chi connectivity index (χ4v) is 4.25.